The second-order valence-electron chi connectivity index (χ2n) is 35.7. The minimum absolute atomic E-state index is 0.826. The molecule has 140 heavy (non-hydrogen) atoms. The van der Waals surface area contributed by atoms with Gasteiger partial charge in [-0.25, -0.2) is 0 Å². The Morgan fingerprint density at radius 2 is 0.393 bits per heavy atom. The predicted molar refractivity (Wildman–Crippen MR) is 597 cm³/mol. The molecular formula is C126H71N3O6S5. The molecule has 0 aliphatic carbocycles. The molecule has 0 aliphatic heterocycles. The molecule has 0 spiro atoms. The van der Waals surface area contributed by atoms with Crippen molar-refractivity contribution in [3.8, 4) is 11.1 Å². The maximum absolute atomic E-state index is 6.72. The topological polar surface area (TPSA) is 88.6 Å². The molecular weight excluding hydrogens is 1810 g/mol. The second-order valence-corrected chi connectivity index (χ2v) is 41.1. The lowest BCUT2D eigenvalue weighted by atomic mass is 10.0. The Labute approximate surface area is 816 Å². The average Bonchev–Trinajstić information content (AvgIpc) is 1.56. The van der Waals surface area contributed by atoms with Crippen LogP contribution in [-0.2, 0) is 0 Å². The van der Waals surface area contributed by atoms with Crippen LogP contribution in [0, 0.1) is 0 Å². The molecule has 656 valence electrons. The lowest BCUT2D eigenvalue weighted by molar-refractivity contribution is 0.666. The zero-order valence-electron chi connectivity index (χ0n) is 74.3. The monoisotopic (exact) mass is 1880 g/mol. The molecule has 32 aromatic rings. The van der Waals surface area contributed by atoms with E-state index in [0.29, 0.717) is 0 Å². The lowest BCUT2D eigenvalue weighted by Gasteiger charge is -2.27. The third kappa shape index (κ3) is 12.0. The highest BCUT2D eigenvalue weighted by Crippen LogP contribution is 2.58. The van der Waals surface area contributed by atoms with Crippen molar-refractivity contribution in [1.82, 2.24) is 0 Å². The first-order valence-corrected chi connectivity index (χ1v) is 50.9. The van der Waals surface area contributed by atoms with Crippen LogP contribution in [0.25, 0.3) is 244 Å². The van der Waals surface area contributed by atoms with Gasteiger partial charge in [0.25, 0.3) is 0 Å². The summed E-state index contributed by atoms with van der Waals surface area (Å²) in [6, 6.07) is 153. The Balaban J connectivity index is 0.0000000987. The standard InChI is InChI=1S/C42H23NO3S.C42H23NO2S2.C42H25NOS2/c1-4-18-33-24(10-1)27-13-7-16-31(40(27)44-33)43(32-17-8-14-28-25-11-2-5-19-34(25)45-41(28)32)30-15-9-21-36-38(30)39-37(47-36)23-22-29-26-12-3-6-20-35(26)46-42(29)39;1-4-18-33-24(10-1)27-13-7-16-31(40(27)44-33)43(32-17-8-14-29-26-12-3-6-20-35(26)47-42(29)32)30-15-9-21-36-38(30)39-37(46-36)23-22-28-25-11-2-5-19-34(25)45-41(28)39;1-2-10-26(11-3-1)27-20-22-28(23-21-27)43(32-14-8-18-36-39(32)31-13-5-7-17-35(31)45-36)33-15-9-19-37-40(33)41-38(46-37)25-24-30-29-12-4-6-16-34(29)44-42(30)41/h2*1-23H;1-25H. The normalized spacial score (nSPS) is 12.1. The van der Waals surface area contributed by atoms with Gasteiger partial charge in [-0.05, 0) is 181 Å². The van der Waals surface area contributed by atoms with Gasteiger partial charge in [0, 0.05) is 166 Å². The highest BCUT2D eigenvalue weighted by Gasteiger charge is 2.32. The average molecular weight is 1880 g/mol. The second kappa shape index (κ2) is 31.2. The first-order valence-electron chi connectivity index (χ1n) is 46.8. The van der Waals surface area contributed by atoms with Crippen LogP contribution in [-0.4, -0.2) is 0 Å². The van der Waals surface area contributed by atoms with Crippen molar-refractivity contribution in [2.24, 2.45) is 0 Å². The van der Waals surface area contributed by atoms with Crippen LogP contribution in [0.15, 0.2) is 457 Å². The molecule has 0 fully saturated rings. The van der Waals surface area contributed by atoms with E-state index in [-0.39, 0.29) is 0 Å². The maximum Gasteiger partial charge on any atom is 0.159 e. The van der Waals surface area contributed by atoms with E-state index >= 15 is 0 Å². The number of hydrogen-bond acceptors (Lipinski definition) is 14. The van der Waals surface area contributed by atoms with Crippen LogP contribution in [0.1, 0.15) is 0 Å². The molecule has 0 amide bonds. The number of benzene rings is 21. The summed E-state index contributed by atoms with van der Waals surface area (Å²) in [7, 11) is 0. The van der Waals surface area contributed by atoms with E-state index in [2.05, 4.69) is 391 Å². The number of hydrogen-bond donors (Lipinski definition) is 0. The van der Waals surface area contributed by atoms with Crippen molar-refractivity contribution >= 4 is 340 Å². The fourth-order valence-corrected chi connectivity index (χ4v) is 27.7. The van der Waals surface area contributed by atoms with Crippen molar-refractivity contribution in [1.29, 1.82) is 0 Å². The van der Waals surface area contributed by atoms with Crippen LogP contribution >= 0.6 is 56.7 Å². The molecule has 0 aliphatic rings. The van der Waals surface area contributed by atoms with Crippen molar-refractivity contribution in [2.75, 3.05) is 14.7 Å². The van der Waals surface area contributed by atoms with Crippen molar-refractivity contribution in [3.63, 3.8) is 0 Å². The highest BCUT2D eigenvalue weighted by atomic mass is 32.1. The fourth-order valence-electron chi connectivity index (χ4n) is 22.0. The van der Waals surface area contributed by atoms with Crippen LogP contribution in [0.4, 0.5) is 51.2 Å². The summed E-state index contributed by atoms with van der Waals surface area (Å²) in [6.07, 6.45) is 0. The van der Waals surface area contributed by atoms with E-state index in [0.717, 1.165) is 193 Å². The molecule has 0 N–H and O–H groups in total. The summed E-state index contributed by atoms with van der Waals surface area (Å²) in [5.41, 5.74) is 22.6. The van der Waals surface area contributed by atoms with Crippen molar-refractivity contribution in [3.05, 3.63) is 431 Å². The zero-order chi connectivity index (χ0) is 91.5. The quantitative estimate of drug-likeness (QED) is 0.133. The number of furan rings is 6. The van der Waals surface area contributed by atoms with Crippen LogP contribution < -0.4 is 14.7 Å². The van der Waals surface area contributed by atoms with E-state index in [1.54, 1.807) is 11.3 Å². The van der Waals surface area contributed by atoms with Gasteiger partial charge in [-0.3, -0.25) is 0 Å². The third-order valence-electron chi connectivity index (χ3n) is 28.0. The summed E-state index contributed by atoms with van der Waals surface area (Å²) < 4.78 is 52.4. The fraction of sp³-hybridized carbons (Fsp3) is 0. The van der Waals surface area contributed by atoms with Gasteiger partial charge in [0.15, 0.2) is 16.7 Å². The first-order chi connectivity index (χ1) is 69.4. The molecule has 21 aromatic carbocycles. The zero-order valence-corrected chi connectivity index (χ0v) is 78.4. The molecule has 0 saturated carbocycles. The number of thiophene rings is 5. The van der Waals surface area contributed by atoms with Crippen molar-refractivity contribution in [2.45, 2.75) is 0 Å². The summed E-state index contributed by atoms with van der Waals surface area (Å²) in [5.74, 6) is 0. The van der Waals surface area contributed by atoms with E-state index in [1.165, 1.54) is 102 Å². The highest BCUT2D eigenvalue weighted by molar-refractivity contribution is 7.28. The van der Waals surface area contributed by atoms with Crippen LogP contribution in [0.2, 0.25) is 0 Å². The molecule has 14 heteroatoms. The summed E-state index contributed by atoms with van der Waals surface area (Å²) in [5, 5.41) is 25.5. The Morgan fingerprint density at radius 3 is 0.800 bits per heavy atom. The smallest absolute Gasteiger partial charge is 0.159 e. The summed E-state index contributed by atoms with van der Waals surface area (Å²) >= 11 is 9.14. The van der Waals surface area contributed by atoms with Crippen LogP contribution in [0.3, 0.4) is 0 Å². The number of nitrogens with zero attached hydrogens (tertiary/aromatic N) is 3. The molecule has 0 atom stereocenters. The van der Waals surface area contributed by atoms with Crippen molar-refractivity contribution < 1.29 is 26.5 Å². The third-order valence-corrected chi connectivity index (χ3v) is 33.7. The van der Waals surface area contributed by atoms with E-state index in [1.807, 2.05) is 99.9 Å². The summed E-state index contributed by atoms with van der Waals surface area (Å²) in [6.45, 7) is 0. The molecule has 0 saturated heterocycles. The number of anilines is 9. The molecule has 0 unspecified atom stereocenters. The Bertz CT molecular complexity index is 10100. The largest absolute Gasteiger partial charge is 0.455 e. The maximum atomic E-state index is 6.72. The Kier molecular flexibility index (Phi) is 17.7. The van der Waals surface area contributed by atoms with E-state index < -0.39 is 0 Å². The van der Waals surface area contributed by atoms with Gasteiger partial charge in [-0.15, -0.1) is 56.7 Å². The minimum Gasteiger partial charge on any atom is -0.455 e. The van der Waals surface area contributed by atoms with Gasteiger partial charge in [-0.2, -0.15) is 0 Å². The molecule has 0 bridgehead atoms. The van der Waals surface area contributed by atoms with Gasteiger partial charge in [0.2, 0.25) is 0 Å². The molecule has 9 nitrogen and oxygen atoms in total. The molecule has 11 aromatic heterocycles. The Morgan fingerprint density at radius 1 is 0.136 bits per heavy atom. The minimum atomic E-state index is 0.826. The predicted octanol–water partition coefficient (Wildman–Crippen LogP) is 40.4. The van der Waals surface area contributed by atoms with Gasteiger partial charge < -0.3 is 41.2 Å². The molecule has 32 rings (SSSR count). The number of rotatable bonds is 10. The number of fused-ring (bicyclic) bond motifs is 36. The van der Waals surface area contributed by atoms with Gasteiger partial charge >= 0.3 is 0 Å². The van der Waals surface area contributed by atoms with Gasteiger partial charge in [0.05, 0.1) is 50.2 Å². The molecule has 11 heterocycles. The lowest BCUT2D eigenvalue weighted by Crippen LogP contribution is -2.11. The van der Waals surface area contributed by atoms with E-state index in [9.17, 15) is 0 Å². The van der Waals surface area contributed by atoms with Gasteiger partial charge in [-0.1, -0.05) is 261 Å². The van der Waals surface area contributed by atoms with Gasteiger partial charge in [0.1, 0.15) is 50.2 Å². The SMILES string of the molecule is c1ccc(-c2ccc(N(c3cccc4sc5ccccc5c34)c3cccc4sc5ccc6c7ccccc7oc6c5c34)cc2)cc1.c1ccc2c(c1)oc1c(N(c3cccc4c3oc3ccccc34)c3cccc4sc5ccc6c7ccccc7oc6c5c34)cccc12.c1ccc2c(c1)oc1c(N(c3cccc4c3sc3ccccc34)c3cccc4sc5ccc6c7ccccc7oc6c5c34)cccc12. The first kappa shape index (κ1) is 79.2. The van der Waals surface area contributed by atoms with Crippen LogP contribution in [0.5, 0.6) is 0 Å². The summed E-state index contributed by atoms with van der Waals surface area (Å²) in [4.78, 5) is 7.22. The van der Waals surface area contributed by atoms with E-state index in [4.69, 9.17) is 26.5 Å². The molecule has 0 radical (unpaired) electrons. The Hall–Kier alpha value is -17.1. The number of para-hydroxylation sites is 9.